The zero-order chi connectivity index (χ0) is 28.1. The average Bonchev–Trinajstić information content (AvgIpc) is 2.83. The second-order valence-corrected chi connectivity index (χ2v) is 13.0. The van der Waals surface area contributed by atoms with Crippen LogP contribution in [0.2, 0.25) is 0 Å². The summed E-state index contributed by atoms with van der Waals surface area (Å²) in [4.78, 5) is 39.5. The Morgan fingerprint density at radius 2 is 1.24 bits per heavy atom. The van der Waals surface area contributed by atoms with E-state index in [4.69, 9.17) is 0 Å². The van der Waals surface area contributed by atoms with Gasteiger partial charge in [0.1, 0.15) is 0 Å². The average molecular weight is 555 g/mol. The van der Waals surface area contributed by atoms with Crippen LogP contribution in [0.1, 0.15) is 133 Å². The number of aryl methyl sites for hydroxylation is 1. The number of allylic oxidation sites excluding steroid dienone is 1. The first-order chi connectivity index (χ1) is 17.5. The molecule has 0 fully saturated rings. The van der Waals surface area contributed by atoms with Crippen molar-refractivity contribution in [2.75, 3.05) is 0 Å². The number of benzene rings is 1. The van der Waals surface area contributed by atoms with Crippen LogP contribution in [0.15, 0.2) is 11.1 Å². The van der Waals surface area contributed by atoms with Crippen LogP contribution in [0, 0.1) is 11.8 Å². The van der Waals surface area contributed by atoms with Crippen molar-refractivity contribution >= 4 is 20.8 Å². The Bertz CT molecular complexity index is 1030. The Balaban J connectivity index is 3.36. The molecule has 1 aromatic carbocycles. The molecule has 0 aliphatic rings. The molecule has 0 saturated carbocycles. The molecule has 0 radical (unpaired) electrons. The largest absolute Gasteiger partial charge is 0.364 e. The first-order valence-corrected chi connectivity index (χ1v) is 17.2. The second-order valence-electron chi connectivity index (χ2n) is 9.60. The fourth-order valence-corrected chi connectivity index (χ4v) is 7.62. The molecule has 0 aliphatic carbocycles. The van der Waals surface area contributed by atoms with Gasteiger partial charge in [-0.1, -0.05) is 104 Å². The van der Waals surface area contributed by atoms with Crippen molar-refractivity contribution < 1.29 is 28.7 Å². The Morgan fingerprint density at radius 3 is 1.68 bits per heavy atom. The van der Waals surface area contributed by atoms with Gasteiger partial charge in [-0.2, -0.15) is 0 Å². The molecule has 0 heterocycles. The molecule has 0 aromatic heterocycles. The van der Waals surface area contributed by atoms with Crippen LogP contribution >= 0.6 is 15.2 Å². The Kier molecular flexibility index (Phi) is 15.3. The molecule has 1 aromatic rings. The van der Waals surface area contributed by atoms with Crippen molar-refractivity contribution in [1.82, 2.24) is 0 Å². The van der Waals surface area contributed by atoms with E-state index < -0.39 is 20.2 Å². The fraction of sp³-hybridized carbons (Fsp3) is 0.655. The minimum Gasteiger partial charge on any atom is -0.321 e. The van der Waals surface area contributed by atoms with Gasteiger partial charge in [-0.25, -0.2) is 0 Å². The lowest BCUT2D eigenvalue weighted by Crippen LogP contribution is -2.07. The van der Waals surface area contributed by atoms with Crippen LogP contribution in [0.3, 0.4) is 0 Å². The summed E-state index contributed by atoms with van der Waals surface area (Å²) >= 11 is 0. The van der Waals surface area contributed by atoms with Gasteiger partial charge in [0.15, 0.2) is 5.06 Å². The van der Waals surface area contributed by atoms with Gasteiger partial charge in [0.25, 0.3) is 0 Å². The summed E-state index contributed by atoms with van der Waals surface area (Å²) in [6, 6.07) is 1.85. The van der Waals surface area contributed by atoms with Crippen LogP contribution in [-0.2, 0) is 28.4 Å². The van der Waals surface area contributed by atoms with E-state index in [-0.39, 0.29) is 12.0 Å². The summed E-state index contributed by atoms with van der Waals surface area (Å²) in [6.07, 6.45) is 14.1. The lowest BCUT2D eigenvalue weighted by molar-refractivity contribution is 0.367. The van der Waals surface area contributed by atoms with Crippen molar-refractivity contribution in [3.8, 4) is 11.8 Å². The SMILES string of the molecule is CCCCCCCCCCCC#Cc1c(CC)c(CC)cc(C(CC)=C(P(=O)(O)O)P(=O)(O)O)c1CC. The van der Waals surface area contributed by atoms with Crippen molar-refractivity contribution in [2.45, 2.75) is 125 Å². The highest BCUT2D eigenvalue weighted by molar-refractivity contribution is 7.77. The lowest BCUT2D eigenvalue weighted by atomic mass is 9.85. The van der Waals surface area contributed by atoms with E-state index in [1.807, 2.05) is 19.9 Å². The van der Waals surface area contributed by atoms with Gasteiger partial charge in [-0.15, -0.1) is 0 Å². The molecule has 1 rings (SSSR count). The Morgan fingerprint density at radius 1 is 0.730 bits per heavy atom. The van der Waals surface area contributed by atoms with E-state index in [2.05, 4.69) is 25.7 Å². The summed E-state index contributed by atoms with van der Waals surface area (Å²) in [5.74, 6) is 6.68. The van der Waals surface area contributed by atoms with Crippen LogP contribution in [-0.4, -0.2) is 19.6 Å². The van der Waals surface area contributed by atoms with Crippen molar-refractivity contribution in [2.24, 2.45) is 0 Å². The topological polar surface area (TPSA) is 115 Å². The first kappa shape index (κ1) is 33.8. The zero-order valence-corrected chi connectivity index (χ0v) is 25.3. The predicted molar refractivity (Wildman–Crippen MR) is 155 cm³/mol. The molecule has 37 heavy (non-hydrogen) atoms. The highest BCUT2D eigenvalue weighted by Gasteiger charge is 2.39. The second kappa shape index (κ2) is 16.7. The monoisotopic (exact) mass is 554 g/mol. The van der Waals surface area contributed by atoms with Crippen LogP contribution in [0.25, 0.3) is 5.57 Å². The third kappa shape index (κ3) is 10.5. The Labute approximate surface area is 224 Å². The fourth-order valence-electron chi connectivity index (χ4n) is 5.00. The highest BCUT2D eigenvalue weighted by atomic mass is 31.2. The van der Waals surface area contributed by atoms with Crippen LogP contribution < -0.4 is 0 Å². The number of rotatable bonds is 16. The molecular formula is C29H48O6P2. The van der Waals surface area contributed by atoms with E-state index in [9.17, 15) is 28.7 Å². The molecule has 0 aliphatic heterocycles. The maximum Gasteiger partial charge on any atom is 0.364 e. The molecule has 0 saturated heterocycles. The molecule has 0 bridgehead atoms. The zero-order valence-electron chi connectivity index (χ0n) is 23.5. The van der Waals surface area contributed by atoms with Gasteiger partial charge >= 0.3 is 15.2 Å². The standard InChI is InChI=1S/C29H48O6P2/c1-6-11-12-13-14-15-16-17-18-19-20-21-27-24(8-3)23(7-2)22-28(25(27)9-4)26(10-5)29(36(30,31)32)37(33,34)35/h22H,6-19H2,1-5H3,(H2,30,31,32)(H2,33,34,35). The summed E-state index contributed by atoms with van der Waals surface area (Å²) in [5.41, 5.74) is 4.25. The minimum absolute atomic E-state index is 0.0258. The van der Waals surface area contributed by atoms with Crippen molar-refractivity contribution in [3.05, 3.63) is 38.9 Å². The molecule has 6 nitrogen and oxygen atoms in total. The molecule has 210 valence electrons. The van der Waals surface area contributed by atoms with E-state index in [0.717, 1.165) is 47.9 Å². The molecule has 0 atom stereocenters. The Hall–Kier alpha value is -1.18. The first-order valence-electron chi connectivity index (χ1n) is 14.0. The predicted octanol–water partition coefficient (Wildman–Crippen LogP) is 8.08. The number of hydrogen-bond acceptors (Lipinski definition) is 2. The van der Waals surface area contributed by atoms with Crippen LogP contribution in [0.4, 0.5) is 0 Å². The van der Waals surface area contributed by atoms with Crippen molar-refractivity contribution in [1.29, 1.82) is 0 Å². The molecule has 4 N–H and O–H groups in total. The smallest absolute Gasteiger partial charge is 0.321 e. The summed E-state index contributed by atoms with van der Waals surface area (Å²) in [6.45, 7) is 9.90. The van der Waals surface area contributed by atoms with E-state index in [1.54, 1.807) is 6.92 Å². The van der Waals surface area contributed by atoms with Gasteiger partial charge in [0, 0.05) is 12.0 Å². The van der Waals surface area contributed by atoms with Gasteiger partial charge in [-0.05, 0) is 59.9 Å². The number of unbranched alkanes of at least 4 members (excludes halogenated alkanes) is 9. The lowest BCUT2D eigenvalue weighted by Gasteiger charge is -2.22. The van der Waals surface area contributed by atoms with Gasteiger partial charge in [0.2, 0.25) is 0 Å². The normalized spacial score (nSPS) is 11.8. The maximum atomic E-state index is 12.2. The minimum atomic E-state index is -5.19. The third-order valence-electron chi connectivity index (χ3n) is 6.84. The van der Waals surface area contributed by atoms with Crippen LogP contribution in [0.5, 0.6) is 0 Å². The number of hydrogen-bond donors (Lipinski definition) is 4. The molecule has 0 spiro atoms. The maximum absolute atomic E-state index is 12.2. The quantitative estimate of drug-likeness (QED) is 0.0933. The molecule has 8 heteroatoms. The van der Waals surface area contributed by atoms with Crippen molar-refractivity contribution in [3.63, 3.8) is 0 Å². The van der Waals surface area contributed by atoms with E-state index >= 15 is 0 Å². The van der Waals surface area contributed by atoms with Gasteiger partial charge in [0.05, 0.1) is 0 Å². The molecule has 0 unspecified atom stereocenters. The van der Waals surface area contributed by atoms with E-state index in [1.165, 1.54) is 44.9 Å². The van der Waals surface area contributed by atoms with E-state index in [0.29, 0.717) is 18.4 Å². The summed E-state index contributed by atoms with van der Waals surface area (Å²) < 4.78 is 24.4. The third-order valence-corrected chi connectivity index (χ3v) is 10.0. The summed E-state index contributed by atoms with van der Waals surface area (Å²) in [5, 5.41) is -1.07. The molecular weight excluding hydrogens is 506 g/mol. The van der Waals surface area contributed by atoms with Gasteiger partial charge < -0.3 is 19.6 Å². The summed E-state index contributed by atoms with van der Waals surface area (Å²) in [7, 11) is -10.4. The molecule has 0 amide bonds. The highest BCUT2D eigenvalue weighted by Crippen LogP contribution is 2.67. The van der Waals surface area contributed by atoms with Gasteiger partial charge in [-0.3, -0.25) is 9.13 Å².